The molecule has 1 amide bonds. The molecule has 1 aliphatic carbocycles. The number of hydrogen-bond donors (Lipinski definition) is 0. The number of carbonyl (C=O) groups excluding carboxylic acids is 1. The van der Waals surface area contributed by atoms with Gasteiger partial charge in [-0.25, -0.2) is 0 Å². The first-order valence-electron chi connectivity index (χ1n) is 10.5. The molecule has 1 atom stereocenters. The number of thioether (sulfide) groups is 1. The number of amides is 1. The van der Waals surface area contributed by atoms with Crippen LogP contribution >= 0.6 is 23.4 Å². The number of benzene rings is 1. The Morgan fingerprint density at radius 1 is 1.17 bits per heavy atom. The van der Waals surface area contributed by atoms with Crippen molar-refractivity contribution < 1.29 is 4.79 Å². The molecule has 0 bridgehead atoms. The summed E-state index contributed by atoms with van der Waals surface area (Å²) in [5, 5.41) is 10.3. The third-order valence-electron chi connectivity index (χ3n) is 6.14. The predicted octanol–water partition coefficient (Wildman–Crippen LogP) is 4.67. The Morgan fingerprint density at radius 3 is 2.40 bits per heavy atom. The third-order valence-corrected chi connectivity index (χ3v) is 7.31. The zero-order valence-corrected chi connectivity index (χ0v) is 20.1. The van der Waals surface area contributed by atoms with Crippen LogP contribution in [-0.2, 0) is 4.79 Å². The van der Waals surface area contributed by atoms with Crippen molar-refractivity contribution in [2.75, 3.05) is 26.9 Å². The molecule has 1 unspecified atom stereocenters. The van der Waals surface area contributed by atoms with Gasteiger partial charge >= 0.3 is 0 Å². The van der Waals surface area contributed by atoms with Gasteiger partial charge in [-0.2, -0.15) is 0 Å². The summed E-state index contributed by atoms with van der Waals surface area (Å²) in [5.41, 5.74) is 0.942. The molecule has 30 heavy (non-hydrogen) atoms. The molecule has 164 valence electrons. The van der Waals surface area contributed by atoms with Crippen LogP contribution in [0.5, 0.6) is 0 Å². The highest BCUT2D eigenvalue weighted by Crippen LogP contribution is 2.29. The van der Waals surface area contributed by atoms with Gasteiger partial charge in [0.05, 0.1) is 11.8 Å². The van der Waals surface area contributed by atoms with Crippen molar-refractivity contribution in [1.82, 2.24) is 24.6 Å². The molecule has 3 rings (SSSR count). The second-order valence-electron chi connectivity index (χ2n) is 8.50. The van der Waals surface area contributed by atoms with Gasteiger partial charge in [-0.3, -0.25) is 14.3 Å². The predicted molar refractivity (Wildman–Crippen MR) is 123 cm³/mol. The van der Waals surface area contributed by atoms with E-state index in [0.717, 1.165) is 35.4 Å². The lowest BCUT2D eigenvalue weighted by molar-refractivity contribution is -0.129. The molecule has 2 aromatic rings. The van der Waals surface area contributed by atoms with E-state index in [-0.39, 0.29) is 11.9 Å². The average molecular weight is 450 g/mol. The molecule has 1 fully saturated rings. The lowest BCUT2D eigenvalue weighted by atomic mass is 9.87. The van der Waals surface area contributed by atoms with Gasteiger partial charge in [-0.1, -0.05) is 30.3 Å². The number of hydrogen-bond acceptors (Lipinski definition) is 5. The topological polar surface area (TPSA) is 54.3 Å². The molecule has 0 radical (unpaired) electrons. The summed E-state index contributed by atoms with van der Waals surface area (Å²) in [4.78, 5) is 16.9. The van der Waals surface area contributed by atoms with Gasteiger partial charge in [-0.15, -0.1) is 10.2 Å². The Kier molecular flexibility index (Phi) is 7.82. The van der Waals surface area contributed by atoms with E-state index in [2.05, 4.69) is 28.9 Å². The summed E-state index contributed by atoms with van der Waals surface area (Å²) in [6.07, 6.45) is 4.59. The summed E-state index contributed by atoms with van der Waals surface area (Å²) in [5.74, 6) is 2.11. The number of carbonyl (C=O) groups is 1. The zero-order chi connectivity index (χ0) is 21.8. The second kappa shape index (κ2) is 10.2. The van der Waals surface area contributed by atoms with Crippen LogP contribution in [0.15, 0.2) is 29.4 Å². The van der Waals surface area contributed by atoms with Crippen molar-refractivity contribution in [3.63, 3.8) is 0 Å². The first kappa shape index (κ1) is 23.1. The van der Waals surface area contributed by atoms with Gasteiger partial charge in [0.25, 0.3) is 0 Å². The fraction of sp³-hybridized carbons (Fsp3) is 0.591. The van der Waals surface area contributed by atoms with Crippen LogP contribution in [0.25, 0.3) is 5.69 Å². The Morgan fingerprint density at radius 2 is 1.80 bits per heavy atom. The Balaban J connectivity index is 1.77. The lowest BCUT2D eigenvalue weighted by Gasteiger charge is -2.33. The number of aromatic nitrogens is 3. The molecule has 0 spiro atoms. The summed E-state index contributed by atoms with van der Waals surface area (Å²) in [6.45, 7) is 4.39. The maximum atomic E-state index is 12.9. The molecule has 0 N–H and O–H groups in total. The summed E-state index contributed by atoms with van der Waals surface area (Å²) < 4.78 is 2.03. The fourth-order valence-electron chi connectivity index (χ4n) is 3.77. The second-order valence-corrected chi connectivity index (χ2v) is 9.88. The summed E-state index contributed by atoms with van der Waals surface area (Å²) >= 11 is 7.53. The number of halogens is 1. The van der Waals surface area contributed by atoms with E-state index >= 15 is 0 Å². The minimum absolute atomic E-state index is 0.0742. The van der Waals surface area contributed by atoms with Crippen LogP contribution in [0.1, 0.15) is 51.4 Å². The van der Waals surface area contributed by atoms with E-state index in [1.165, 1.54) is 24.6 Å². The highest BCUT2D eigenvalue weighted by molar-refractivity contribution is 7.99. The molecule has 0 saturated heterocycles. The molecule has 8 heteroatoms. The SMILES string of the molecule is CC1CCC(N(C)C(=O)CSc2nnc(C(C)N(C)C)n2-c2ccc(Cl)cc2)CC1. The average Bonchev–Trinajstić information content (AvgIpc) is 3.15. The van der Waals surface area contributed by atoms with Crippen molar-refractivity contribution >= 4 is 29.3 Å². The minimum Gasteiger partial charge on any atom is -0.342 e. The molecule has 6 nitrogen and oxygen atoms in total. The largest absolute Gasteiger partial charge is 0.342 e. The zero-order valence-electron chi connectivity index (χ0n) is 18.5. The van der Waals surface area contributed by atoms with Crippen molar-refractivity contribution in [1.29, 1.82) is 0 Å². The molecule has 1 aromatic heterocycles. The molecule has 1 saturated carbocycles. The normalized spacial score (nSPS) is 20.4. The van der Waals surface area contributed by atoms with Crippen LogP contribution in [-0.4, -0.2) is 63.4 Å². The van der Waals surface area contributed by atoms with Crippen LogP contribution in [0.4, 0.5) is 0 Å². The van der Waals surface area contributed by atoms with Crippen LogP contribution in [0, 0.1) is 5.92 Å². The van der Waals surface area contributed by atoms with Gasteiger partial charge in [0.15, 0.2) is 11.0 Å². The Labute approximate surface area is 189 Å². The van der Waals surface area contributed by atoms with Crippen molar-refractivity contribution in [2.45, 2.75) is 56.8 Å². The van der Waals surface area contributed by atoms with Gasteiger partial charge in [0.1, 0.15) is 0 Å². The quantitative estimate of drug-likeness (QED) is 0.575. The van der Waals surface area contributed by atoms with Gasteiger partial charge < -0.3 is 4.90 Å². The van der Waals surface area contributed by atoms with Crippen molar-refractivity contribution in [3.05, 3.63) is 35.1 Å². The van der Waals surface area contributed by atoms with E-state index in [0.29, 0.717) is 16.8 Å². The summed E-state index contributed by atoms with van der Waals surface area (Å²) in [6, 6.07) is 8.06. The van der Waals surface area contributed by atoms with E-state index in [9.17, 15) is 4.79 Å². The van der Waals surface area contributed by atoms with Crippen molar-refractivity contribution in [2.24, 2.45) is 5.92 Å². The first-order chi connectivity index (χ1) is 14.3. The molecule has 1 heterocycles. The number of nitrogens with zero attached hydrogens (tertiary/aromatic N) is 5. The maximum absolute atomic E-state index is 12.9. The fourth-order valence-corrected chi connectivity index (χ4v) is 4.78. The van der Waals surface area contributed by atoms with Gasteiger partial charge in [0, 0.05) is 23.8 Å². The van der Waals surface area contributed by atoms with Crippen LogP contribution < -0.4 is 0 Å². The van der Waals surface area contributed by atoms with E-state index < -0.39 is 0 Å². The highest BCUT2D eigenvalue weighted by Gasteiger charge is 2.26. The molecule has 1 aromatic carbocycles. The van der Waals surface area contributed by atoms with E-state index in [1.54, 1.807) is 0 Å². The molecular formula is C22H32ClN5OS. The standard InChI is InChI=1S/C22H32ClN5OS/c1-15-6-10-18(11-7-15)27(5)20(29)14-30-22-25-24-21(16(2)26(3)4)28(22)19-12-8-17(23)9-13-19/h8-9,12-13,15-16,18H,6-7,10-11,14H2,1-5H3. The van der Waals surface area contributed by atoms with Gasteiger partial charge in [0.2, 0.25) is 5.91 Å². The first-order valence-corrected chi connectivity index (χ1v) is 11.9. The number of rotatable bonds is 7. The highest BCUT2D eigenvalue weighted by atomic mass is 35.5. The Bertz CT molecular complexity index is 846. The molecular weight excluding hydrogens is 418 g/mol. The van der Waals surface area contributed by atoms with E-state index in [4.69, 9.17) is 11.6 Å². The minimum atomic E-state index is 0.0742. The smallest absolute Gasteiger partial charge is 0.233 e. The Hall–Kier alpha value is -1.57. The molecule has 0 aliphatic heterocycles. The molecule has 1 aliphatic rings. The van der Waals surface area contributed by atoms with Crippen LogP contribution in [0.2, 0.25) is 5.02 Å². The lowest BCUT2D eigenvalue weighted by Crippen LogP contribution is -2.40. The van der Waals surface area contributed by atoms with Crippen molar-refractivity contribution in [3.8, 4) is 5.69 Å². The third kappa shape index (κ3) is 5.37. The van der Waals surface area contributed by atoms with E-state index in [1.807, 2.05) is 54.9 Å². The summed E-state index contributed by atoms with van der Waals surface area (Å²) in [7, 11) is 5.97. The maximum Gasteiger partial charge on any atom is 0.233 e. The van der Waals surface area contributed by atoms with Gasteiger partial charge in [-0.05, 0) is 76.9 Å². The van der Waals surface area contributed by atoms with Crippen LogP contribution in [0.3, 0.4) is 0 Å². The monoisotopic (exact) mass is 449 g/mol.